The first-order valence-electron chi connectivity index (χ1n) is 46.2. The van der Waals surface area contributed by atoms with Gasteiger partial charge in [0.25, 0.3) is 26.0 Å². The highest BCUT2D eigenvalue weighted by Crippen LogP contribution is 2.47. The Balaban J connectivity index is 0.000000211. The number of piperazine rings is 2. The number of aryl methyl sites for hydroxylation is 2. The Kier molecular flexibility index (Phi) is 34.0. The molecule has 0 saturated carbocycles. The van der Waals surface area contributed by atoms with Crippen molar-refractivity contribution < 1.29 is 67.7 Å². The summed E-state index contributed by atoms with van der Waals surface area (Å²) in [5.74, 6) is -3.89. The van der Waals surface area contributed by atoms with Crippen LogP contribution in [0.2, 0.25) is 10.0 Å². The van der Waals surface area contributed by atoms with E-state index in [4.69, 9.17) is 27.9 Å². The van der Waals surface area contributed by atoms with Gasteiger partial charge in [-0.05, 0) is 257 Å². The second kappa shape index (κ2) is 46.1. The van der Waals surface area contributed by atoms with E-state index < -0.39 is 77.7 Å². The second-order valence-corrected chi connectivity index (χ2v) is 42.6. The Morgan fingerprint density at radius 2 is 0.849 bits per heavy atom. The second-order valence-electron chi connectivity index (χ2n) is 35.3. The first-order chi connectivity index (χ1) is 66.8. The molecule has 4 fully saturated rings. The number of methoxy groups -OCH3 is 1. The number of benzene rings is 10. The zero-order valence-electron chi connectivity index (χ0n) is 78.3. The lowest BCUT2D eigenvalue weighted by molar-refractivity contribution is 0.0600. The summed E-state index contributed by atoms with van der Waals surface area (Å²) in [6.07, 6.45) is 4.49. The Bertz CT molecular complexity index is 6590. The van der Waals surface area contributed by atoms with Crippen molar-refractivity contribution in [1.29, 1.82) is 0 Å². The molecule has 12 aromatic rings. The first kappa shape index (κ1) is 102. The summed E-state index contributed by atoms with van der Waals surface area (Å²) in [4.78, 5) is 42.2. The number of aliphatic hydroxyl groups is 2. The molecular weight excluding hydrogens is 1910 g/mol. The quantitative estimate of drug-likeness (QED) is 0.00854. The highest BCUT2D eigenvalue weighted by Gasteiger charge is 2.36. The number of aromatic nitrogens is 2. The van der Waals surface area contributed by atoms with Crippen LogP contribution in [-0.4, -0.2) is 207 Å². The molecule has 139 heavy (non-hydrogen) atoms. The van der Waals surface area contributed by atoms with Gasteiger partial charge in [-0.1, -0.05) is 83.9 Å². The van der Waals surface area contributed by atoms with Crippen LogP contribution in [0.15, 0.2) is 238 Å². The molecule has 10 aromatic carbocycles. The minimum Gasteiger partial charge on any atom is -0.771 e. The molecule has 734 valence electrons. The van der Waals surface area contributed by atoms with E-state index in [1.165, 1.54) is 41.2 Å². The third kappa shape index (κ3) is 24.9. The Morgan fingerprint density at radius 1 is 0.482 bits per heavy atom. The van der Waals surface area contributed by atoms with Crippen LogP contribution >= 0.6 is 46.7 Å². The number of amides is 1. The van der Waals surface area contributed by atoms with Gasteiger partial charge in [0.05, 0.1) is 80.0 Å². The molecule has 7 N–H and O–H groups in total. The third-order valence-corrected chi connectivity index (χ3v) is 32.2. The molecule has 1 amide bonds. The summed E-state index contributed by atoms with van der Waals surface area (Å²) in [5, 5.41) is 30.6. The van der Waals surface area contributed by atoms with Crippen LogP contribution in [-0.2, 0) is 50.0 Å². The van der Waals surface area contributed by atoms with Crippen LogP contribution in [0.3, 0.4) is 0 Å². The van der Waals surface area contributed by atoms with E-state index in [-0.39, 0.29) is 73.3 Å². The number of hydrogen-bond donors (Lipinski definition) is 7. The van der Waals surface area contributed by atoms with Crippen LogP contribution in [0.1, 0.15) is 81.8 Å². The number of thioether (sulfide) groups is 2. The molecule has 16 rings (SSSR count). The van der Waals surface area contributed by atoms with Crippen molar-refractivity contribution in [3.63, 3.8) is 0 Å². The number of rotatable bonds is 34. The van der Waals surface area contributed by atoms with Crippen LogP contribution < -0.4 is 45.0 Å². The van der Waals surface area contributed by atoms with Crippen molar-refractivity contribution in [2.45, 2.75) is 110 Å². The topological polar surface area (TPSA) is 282 Å². The molecule has 4 saturated heterocycles. The van der Waals surface area contributed by atoms with Gasteiger partial charge in [-0.25, -0.2) is 39.2 Å². The smallest absolute Gasteiger partial charge is 0.340 e. The van der Waals surface area contributed by atoms with Crippen molar-refractivity contribution in [1.82, 2.24) is 24.3 Å². The van der Waals surface area contributed by atoms with Crippen LogP contribution in [0.25, 0.3) is 44.8 Å². The van der Waals surface area contributed by atoms with Crippen LogP contribution in [0.4, 0.5) is 63.1 Å². The van der Waals surface area contributed by atoms with Gasteiger partial charge in [-0.2, -0.15) is 0 Å². The molecule has 2 aromatic heterocycles. The van der Waals surface area contributed by atoms with Gasteiger partial charge in [-0.3, -0.25) is 18.4 Å². The predicted octanol–water partition coefficient (Wildman–Crippen LogP) is 19.3. The summed E-state index contributed by atoms with van der Waals surface area (Å²) in [5.41, 5.74) is 8.41. The average molecular weight is 2030 g/mol. The molecule has 0 radical (unpaired) electrons. The number of likely N-dealkylation sites (tertiary alicyclic amines) is 2. The van der Waals surface area contributed by atoms with Crippen molar-refractivity contribution in [3.8, 4) is 44.8 Å². The first-order valence-corrected chi connectivity index (χ1v) is 53.2. The maximum Gasteiger partial charge on any atom is 0.340 e. The minimum atomic E-state index is -3.94. The number of aliphatic hydroxyl groups excluding tert-OH is 2. The monoisotopic (exact) mass is 2030 g/mol. The number of hydrogen-bond acceptors (Lipinski definition) is 21. The van der Waals surface area contributed by atoms with E-state index in [1.807, 2.05) is 96.4 Å². The van der Waals surface area contributed by atoms with Crippen LogP contribution in [0, 0.1) is 51.0 Å². The van der Waals surface area contributed by atoms with Crippen molar-refractivity contribution in [2.75, 3.05) is 156 Å². The number of piperidine rings is 2. The molecular formula is C104H114Cl2F4N13O11S5-. The number of halogens is 6. The number of esters is 1. The normalized spacial score (nSPS) is 15.5. The molecule has 35 heteroatoms. The minimum absolute atomic E-state index is 0.0165. The van der Waals surface area contributed by atoms with Crippen molar-refractivity contribution in [3.05, 3.63) is 285 Å². The maximum atomic E-state index is 17.0. The molecule has 0 aliphatic carbocycles. The largest absolute Gasteiger partial charge is 0.771 e. The zero-order valence-corrected chi connectivity index (χ0v) is 83.9. The summed E-state index contributed by atoms with van der Waals surface area (Å²) in [7, 11) is -3.22. The van der Waals surface area contributed by atoms with E-state index in [0.717, 1.165) is 123 Å². The van der Waals surface area contributed by atoms with Crippen molar-refractivity contribution >= 4 is 135 Å². The van der Waals surface area contributed by atoms with Gasteiger partial charge < -0.3 is 74.0 Å². The standard InChI is InChI=1S/C52H58ClF2N7O6S3.C52H57ClF2N6O5S2/c1-34-31-43(17-19-45(34)57-39(32-69-42-7-5-4-6-8-42)21-24-60-25-22-41(63)23-26-60)71(67,68)58-38-13-15-40(16-14-38)61-27-29-62(30-28-61)46-20-18-44(54)48(50(46)55)49-47(52(64)56-33-70(65)66)35(2)59(3)51(49)36-9-11-37(53)12-10-36;1-34-32-43(18-20-45(34)56-39(33-67-42-8-6-5-7-9-42)22-25-59-26-23-41(62)24-27-59)68(64,65)57-38-14-16-40(17-15-38)60-28-30-61(31-29-60)46-21-19-44(54)48(50(46)55)49-47(52(63)66-4)35(2)58(3)51(49)36-10-12-37(53)13-11-36/h4-20,31,39,41,57-58,63H,21-30,32-33H2,1-3H3,(H,56,64)(H,65,66);5-21,32,39,41,56-57,62H,22-31,33H2,1-4H3/p-1/t2*39-/m11/s1. The van der Waals surface area contributed by atoms with E-state index >= 15 is 17.6 Å². The van der Waals surface area contributed by atoms with Crippen molar-refractivity contribution in [2.24, 2.45) is 14.1 Å². The highest BCUT2D eigenvalue weighted by atomic mass is 35.5. The molecule has 4 aliphatic heterocycles. The number of carbonyl (C=O) groups is 2. The lowest BCUT2D eigenvalue weighted by Crippen LogP contribution is -2.46. The molecule has 3 atom stereocenters. The Labute approximate surface area is 831 Å². The van der Waals surface area contributed by atoms with E-state index in [1.54, 1.807) is 158 Å². The van der Waals surface area contributed by atoms with Gasteiger partial charge in [0, 0.05) is 206 Å². The molecule has 0 spiro atoms. The fourth-order valence-corrected chi connectivity index (χ4v) is 23.1. The average Bonchev–Trinajstić information content (AvgIpc) is 1.60. The van der Waals surface area contributed by atoms with E-state index in [0.29, 0.717) is 108 Å². The third-order valence-electron chi connectivity index (χ3n) is 26.3. The summed E-state index contributed by atoms with van der Waals surface area (Å²) < 4.78 is 158. The number of nitrogens with zero attached hydrogens (tertiary/aromatic N) is 8. The highest BCUT2D eigenvalue weighted by molar-refractivity contribution is 7.99. The van der Waals surface area contributed by atoms with Gasteiger partial charge >= 0.3 is 5.97 Å². The number of nitrogens with one attached hydrogen (secondary N) is 5. The van der Waals surface area contributed by atoms with Gasteiger partial charge in [0.2, 0.25) is 0 Å². The number of anilines is 8. The fourth-order valence-electron chi connectivity index (χ4n) is 18.3. The number of ether oxygens (including phenoxy) is 1. The Hall–Kier alpha value is -11.1. The van der Waals surface area contributed by atoms with E-state index in [2.05, 4.69) is 69.3 Å². The number of sulfonamides is 2. The molecule has 1 unspecified atom stereocenters. The molecule has 6 heterocycles. The summed E-state index contributed by atoms with van der Waals surface area (Å²) >= 11 is 13.3. The Morgan fingerprint density at radius 3 is 1.22 bits per heavy atom. The van der Waals surface area contributed by atoms with Gasteiger partial charge in [-0.15, -0.1) is 23.5 Å². The number of carbonyl (C=O) groups excluding carboxylic acids is 2. The van der Waals surface area contributed by atoms with E-state index in [9.17, 15) is 45.4 Å². The SMILES string of the molecule is COC(=O)c1c(-c2c(F)ccc(N3CCN(c4ccc(NS(=O)(=O)c5ccc(N[C@H](CCN6CCC(O)CC6)CSc6ccccc6)c(C)c5)cc4)CC3)c2F)c(-c2ccc(Cl)cc2)n(C)c1C.Cc1cc(S(=O)(=O)Nc2ccc(N3CCN(c4ccc(F)c(-c5c(C(=O)NCS(=O)[O-])c(C)n(C)c5-c5ccc(Cl)cc5)c4F)CC3)cc2)ccc1N[C@H](CCN1CCC(O)CC1)CSc1ccccc1. The van der Waals surface area contributed by atoms with Gasteiger partial charge in [0.15, 0.2) is 11.6 Å². The summed E-state index contributed by atoms with van der Waals surface area (Å²) in [6, 6.07) is 64.0. The lowest BCUT2D eigenvalue weighted by Gasteiger charge is -2.37. The summed E-state index contributed by atoms with van der Waals surface area (Å²) in [6.45, 7) is 16.0. The fraction of sp³-hybridized carbons (Fsp3) is 0.327. The molecule has 24 nitrogen and oxygen atoms in total. The zero-order chi connectivity index (χ0) is 98.5. The van der Waals surface area contributed by atoms with Crippen LogP contribution in [0.5, 0.6) is 0 Å². The predicted molar refractivity (Wildman–Crippen MR) is 552 cm³/mol. The van der Waals surface area contributed by atoms with Gasteiger partial charge in [0.1, 0.15) is 11.6 Å². The molecule has 4 aliphatic rings. The lowest BCUT2D eigenvalue weighted by atomic mass is 9.94. The molecule has 0 bridgehead atoms. The maximum absolute atomic E-state index is 17.0.